The number of hydrogen-bond donors (Lipinski definition) is 2. The minimum absolute atomic E-state index is 0.273. The van der Waals surface area contributed by atoms with Gasteiger partial charge in [0, 0.05) is 6.42 Å². The summed E-state index contributed by atoms with van der Waals surface area (Å²) in [7, 11) is 0. The van der Waals surface area contributed by atoms with Crippen molar-refractivity contribution < 1.29 is 10.2 Å². The fourth-order valence-electron chi connectivity index (χ4n) is 0.890. The molecule has 0 radical (unpaired) electrons. The Morgan fingerprint density at radius 2 is 1.83 bits per heavy atom. The van der Waals surface area contributed by atoms with E-state index in [2.05, 4.69) is 0 Å². The number of rotatable bonds is 3. The maximum absolute atomic E-state index is 8.53. The highest BCUT2D eigenvalue weighted by Crippen LogP contribution is 2.02. The Morgan fingerprint density at radius 3 is 2.42 bits per heavy atom. The van der Waals surface area contributed by atoms with Crippen LogP contribution in [-0.2, 0) is 0 Å². The van der Waals surface area contributed by atoms with E-state index in [1.54, 1.807) is 6.08 Å². The van der Waals surface area contributed by atoms with Crippen LogP contribution < -0.4 is 0 Å². The Hall–Kier alpha value is -1.12. The van der Waals surface area contributed by atoms with Gasteiger partial charge in [-0.05, 0) is 5.56 Å². The van der Waals surface area contributed by atoms with E-state index in [4.69, 9.17) is 10.2 Å². The van der Waals surface area contributed by atoms with Gasteiger partial charge in [0.15, 0.2) is 6.29 Å². The number of hydrogen-bond acceptors (Lipinski definition) is 2. The van der Waals surface area contributed by atoms with Crippen molar-refractivity contribution >= 4 is 6.08 Å². The monoisotopic (exact) mass is 164 g/mol. The molecule has 1 aromatic carbocycles. The first-order valence-electron chi connectivity index (χ1n) is 3.87. The first kappa shape index (κ1) is 8.97. The van der Waals surface area contributed by atoms with Crippen LogP contribution in [0, 0.1) is 0 Å². The van der Waals surface area contributed by atoms with E-state index in [1.807, 2.05) is 36.4 Å². The van der Waals surface area contributed by atoms with Gasteiger partial charge in [-0.3, -0.25) is 0 Å². The zero-order chi connectivity index (χ0) is 8.81. The van der Waals surface area contributed by atoms with Crippen molar-refractivity contribution in [3.05, 3.63) is 42.0 Å². The van der Waals surface area contributed by atoms with E-state index in [0.717, 1.165) is 5.56 Å². The quantitative estimate of drug-likeness (QED) is 0.663. The summed E-state index contributed by atoms with van der Waals surface area (Å²) in [5.74, 6) is 0. The summed E-state index contributed by atoms with van der Waals surface area (Å²) in [5.41, 5.74) is 1.07. The largest absolute Gasteiger partial charge is 0.368 e. The summed E-state index contributed by atoms with van der Waals surface area (Å²) in [5, 5.41) is 17.1. The zero-order valence-electron chi connectivity index (χ0n) is 6.72. The van der Waals surface area contributed by atoms with Crippen molar-refractivity contribution in [2.75, 3.05) is 0 Å². The van der Waals surface area contributed by atoms with Crippen molar-refractivity contribution in [1.29, 1.82) is 0 Å². The van der Waals surface area contributed by atoms with Gasteiger partial charge in [-0.15, -0.1) is 0 Å². The Labute approximate surface area is 71.8 Å². The smallest absolute Gasteiger partial charge is 0.154 e. The second kappa shape index (κ2) is 4.70. The third-order valence-corrected chi connectivity index (χ3v) is 1.46. The molecule has 0 aliphatic rings. The second-order valence-corrected chi connectivity index (χ2v) is 2.53. The van der Waals surface area contributed by atoms with Gasteiger partial charge in [0.2, 0.25) is 0 Å². The Balaban J connectivity index is 2.47. The van der Waals surface area contributed by atoms with E-state index < -0.39 is 6.29 Å². The van der Waals surface area contributed by atoms with Gasteiger partial charge in [-0.25, -0.2) is 0 Å². The summed E-state index contributed by atoms with van der Waals surface area (Å²) < 4.78 is 0. The van der Waals surface area contributed by atoms with Crippen LogP contribution in [0.1, 0.15) is 12.0 Å². The van der Waals surface area contributed by atoms with Gasteiger partial charge in [-0.1, -0.05) is 42.5 Å². The van der Waals surface area contributed by atoms with Gasteiger partial charge >= 0.3 is 0 Å². The summed E-state index contributed by atoms with van der Waals surface area (Å²) in [6.07, 6.45) is 2.62. The van der Waals surface area contributed by atoms with Crippen LogP contribution >= 0.6 is 0 Å². The third-order valence-electron chi connectivity index (χ3n) is 1.46. The molecule has 1 aromatic rings. The molecule has 0 saturated heterocycles. The highest BCUT2D eigenvalue weighted by Gasteiger charge is 1.90. The van der Waals surface area contributed by atoms with E-state index in [9.17, 15) is 0 Å². The highest BCUT2D eigenvalue weighted by molar-refractivity contribution is 5.48. The molecule has 2 nitrogen and oxygen atoms in total. The fourth-order valence-corrected chi connectivity index (χ4v) is 0.890. The molecular weight excluding hydrogens is 152 g/mol. The molecule has 0 fully saturated rings. The van der Waals surface area contributed by atoms with Gasteiger partial charge in [-0.2, -0.15) is 0 Å². The predicted molar refractivity (Wildman–Crippen MR) is 48.3 cm³/mol. The molecular formula is C10H12O2. The minimum atomic E-state index is -1.25. The van der Waals surface area contributed by atoms with Crippen LogP contribution in [0.15, 0.2) is 36.4 Å². The Morgan fingerprint density at radius 1 is 1.17 bits per heavy atom. The van der Waals surface area contributed by atoms with Gasteiger partial charge < -0.3 is 10.2 Å². The summed E-state index contributed by atoms with van der Waals surface area (Å²) in [6, 6.07) is 9.74. The lowest BCUT2D eigenvalue weighted by molar-refractivity contribution is -0.0359. The molecule has 0 heterocycles. The molecule has 0 atom stereocenters. The van der Waals surface area contributed by atoms with Gasteiger partial charge in [0.25, 0.3) is 0 Å². The maximum Gasteiger partial charge on any atom is 0.154 e. The molecule has 0 bridgehead atoms. The topological polar surface area (TPSA) is 40.5 Å². The van der Waals surface area contributed by atoms with Crippen molar-refractivity contribution in [2.24, 2.45) is 0 Å². The predicted octanol–water partition coefficient (Wildman–Crippen LogP) is 1.40. The third kappa shape index (κ3) is 3.32. The van der Waals surface area contributed by atoms with Crippen LogP contribution in [0.2, 0.25) is 0 Å². The molecule has 1 rings (SSSR count). The van der Waals surface area contributed by atoms with E-state index >= 15 is 0 Å². The highest BCUT2D eigenvalue weighted by atomic mass is 16.5. The summed E-state index contributed by atoms with van der Waals surface area (Å²) in [6.45, 7) is 0. The van der Waals surface area contributed by atoms with E-state index in [0.29, 0.717) is 0 Å². The van der Waals surface area contributed by atoms with Gasteiger partial charge in [0.05, 0.1) is 0 Å². The first-order chi connectivity index (χ1) is 5.79. The number of aliphatic hydroxyl groups is 2. The second-order valence-electron chi connectivity index (χ2n) is 2.53. The number of aliphatic hydroxyl groups excluding tert-OH is 1. The lowest BCUT2D eigenvalue weighted by Gasteiger charge is -1.95. The molecule has 0 aliphatic heterocycles. The molecule has 0 unspecified atom stereocenters. The van der Waals surface area contributed by atoms with E-state index in [1.165, 1.54) is 0 Å². The van der Waals surface area contributed by atoms with Crippen LogP contribution in [-0.4, -0.2) is 16.5 Å². The average molecular weight is 164 g/mol. The van der Waals surface area contributed by atoms with Crippen LogP contribution in [0.4, 0.5) is 0 Å². The molecule has 0 spiro atoms. The molecule has 12 heavy (non-hydrogen) atoms. The molecule has 2 N–H and O–H groups in total. The standard InChI is InChI=1S/C10H12O2/c11-10(12)8-4-7-9-5-2-1-3-6-9/h1-7,10-12H,8H2. The molecule has 2 heteroatoms. The molecule has 0 aromatic heterocycles. The summed E-state index contributed by atoms with van der Waals surface area (Å²) in [4.78, 5) is 0. The average Bonchev–Trinajstić information content (AvgIpc) is 2.05. The van der Waals surface area contributed by atoms with Crippen molar-refractivity contribution in [3.8, 4) is 0 Å². The van der Waals surface area contributed by atoms with Crippen molar-refractivity contribution in [2.45, 2.75) is 12.7 Å². The minimum Gasteiger partial charge on any atom is -0.368 e. The van der Waals surface area contributed by atoms with Crippen LogP contribution in [0.5, 0.6) is 0 Å². The molecule has 0 amide bonds. The maximum atomic E-state index is 8.53. The molecule has 64 valence electrons. The van der Waals surface area contributed by atoms with Crippen LogP contribution in [0.25, 0.3) is 6.08 Å². The van der Waals surface area contributed by atoms with Crippen LogP contribution in [0.3, 0.4) is 0 Å². The van der Waals surface area contributed by atoms with E-state index in [-0.39, 0.29) is 6.42 Å². The molecule has 0 aliphatic carbocycles. The zero-order valence-corrected chi connectivity index (χ0v) is 6.72. The summed E-state index contributed by atoms with van der Waals surface area (Å²) >= 11 is 0. The van der Waals surface area contributed by atoms with Crippen molar-refractivity contribution in [1.82, 2.24) is 0 Å². The normalized spacial score (nSPS) is 11.2. The lowest BCUT2D eigenvalue weighted by atomic mass is 10.2. The van der Waals surface area contributed by atoms with Crippen molar-refractivity contribution in [3.63, 3.8) is 0 Å². The first-order valence-corrected chi connectivity index (χ1v) is 3.87. The Bertz CT molecular complexity index is 239. The molecule has 0 saturated carbocycles. The Kier molecular flexibility index (Phi) is 3.51. The SMILES string of the molecule is OC(O)CC=Cc1ccccc1. The van der Waals surface area contributed by atoms with Gasteiger partial charge in [0.1, 0.15) is 0 Å². The number of benzene rings is 1. The lowest BCUT2D eigenvalue weighted by Crippen LogP contribution is -2.00. The fraction of sp³-hybridized carbons (Fsp3) is 0.200.